The summed E-state index contributed by atoms with van der Waals surface area (Å²) >= 11 is 0. The van der Waals surface area contributed by atoms with Crippen LogP contribution in [0.15, 0.2) is 60.7 Å². The molecule has 0 bridgehead atoms. The van der Waals surface area contributed by atoms with Crippen molar-refractivity contribution in [1.82, 2.24) is 4.90 Å². The first-order valence-corrected chi connectivity index (χ1v) is 7.76. The van der Waals surface area contributed by atoms with E-state index in [1.165, 1.54) is 17.5 Å². The predicted molar refractivity (Wildman–Crippen MR) is 86.0 cm³/mol. The van der Waals surface area contributed by atoms with Crippen LogP contribution in [0.2, 0.25) is 0 Å². The molecule has 1 heterocycles. The number of hydrogen-bond donors (Lipinski definition) is 1. The molecule has 2 aromatic rings. The van der Waals surface area contributed by atoms with E-state index in [1.54, 1.807) is 0 Å². The highest BCUT2D eigenvalue weighted by molar-refractivity contribution is 5.20. The van der Waals surface area contributed by atoms with E-state index in [-0.39, 0.29) is 12.1 Å². The zero-order valence-corrected chi connectivity index (χ0v) is 12.4. The van der Waals surface area contributed by atoms with Crippen molar-refractivity contribution in [3.63, 3.8) is 0 Å². The lowest BCUT2D eigenvalue weighted by molar-refractivity contribution is 0.0582. The minimum Gasteiger partial charge on any atom is -0.394 e. The molecule has 1 N–H and O–H groups in total. The van der Waals surface area contributed by atoms with Gasteiger partial charge in [-0.15, -0.1) is 0 Å². The molecular formula is C19H23NO. The fourth-order valence-electron chi connectivity index (χ4n) is 3.46. The summed E-state index contributed by atoms with van der Waals surface area (Å²) < 4.78 is 0. The Hall–Kier alpha value is -1.64. The maximum Gasteiger partial charge on any atom is 0.0618 e. The second-order valence-corrected chi connectivity index (χ2v) is 6.06. The zero-order chi connectivity index (χ0) is 14.5. The predicted octanol–water partition coefficient (Wildman–Crippen LogP) is 3.26. The highest BCUT2D eigenvalue weighted by Crippen LogP contribution is 2.33. The molecule has 1 fully saturated rings. The van der Waals surface area contributed by atoms with Gasteiger partial charge in [0.15, 0.2) is 0 Å². The molecule has 21 heavy (non-hydrogen) atoms. The summed E-state index contributed by atoms with van der Waals surface area (Å²) in [7, 11) is 0. The maximum absolute atomic E-state index is 10.1. The molecule has 110 valence electrons. The Labute approximate surface area is 127 Å². The van der Waals surface area contributed by atoms with E-state index >= 15 is 0 Å². The fraction of sp³-hybridized carbons (Fsp3) is 0.368. The fourth-order valence-corrected chi connectivity index (χ4v) is 3.46. The largest absolute Gasteiger partial charge is 0.394 e. The molecule has 0 aromatic heterocycles. The van der Waals surface area contributed by atoms with Gasteiger partial charge in [0, 0.05) is 12.1 Å². The molecule has 2 heteroatoms. The smallest absolute Gasteiger partial charge is 0.0618 e. The minimum absolute atomic E-state index is 0.100. The number of likely N-dealkylation sites (tertiary alicyclic amines) is 1. The van der Waals surface area contributed by atoms with Gasteiger partial charge in [-0.3, -0.25) is 4.90 Å². The zero-order valence-electron chi connectivity index (χ0n) is 12.4. The van der Waals surface area contributed by atoms with Gasteiger partial charge in [-0.1, -0.05) is 60.7 Å². The summed E-state index contributed by atoms with van der Waals surface area (Å²) in [5.74, 6) is 0. The summed E-state index contributed by atoms with van der Waals surface area (Å²) in [6.07, 6.45) is 3.17. The van der Waals surface area contributed by atoms with Crippen LogP contribution in [-0.2, 0) is 13.0 Å². The second-order valence-electron chi connectivity index (χ2n) is 6.06. The van der Waals surface area contributed by atoms with E-state index in [2.05, 4.69) is 59.5 Å². The molecule has 0 radical (unpaired) electrons. The monoisotopic (exact) mass is 281 g/mol. The highest BCUT2D eigenvalue weighted by atomic mass is 16.3. The average Bonchev–Trinajstić information content (AvgIpc) is 2.92. The normalized spacial score (nSPS) is 22.5. The third-order valence-electron chi connectivity index (χ3n) is 4.63. The van der Waals surface area contributed by atoms with Crippen molar-refractivity contribution in [3.05, 3.63) is 71.8 Å². The van der Waals surface area contributed by atoms with Crippen LogP contribution in [0.3, 0.4) is 0 Å². The standard InChI is InChI=1S/C19H23NO/c21-16-19(14-17-8-3-1-4-9-17)12-7-13-20(19)15-18-10-5-2-6-11-18/h1-6,8-11,21H,7,12-16H2. The van der Waals surface area contributed by atoms with E-state index in [0.717, 1.165) is 25.9 Å². The van der Waals surface area contributed by atoms with Gasteiger partial charge >= 0.3 is 0 Å². The molecule has 1 atom stereocenters. The molecule has 0 amide bonds. The lowest BCUT2D eigenvalue weighted by atomic mass is 9.88. The van der Waals surface area contributed by atoms with E-state index < -0.39 is 0 Å². The highest BCUT2D eigenvalue weighted by Gasteiger charge is 2.40. The number of nitrogens with zero attached hydrogens (tertiary/aromatic N) is 1. The van der Waals surface area contributed by atoms with Crippen LogP contribution >= 0.6 is 0 Å². The molecule has 1 aliphatic heterocycles. The van der Waals surface area contributed by atoms with Crippen molar-refractivity contribution in [2.75, 3.05) is 13.2 Å². The van der Waals surface area contributed by atoms with Crippen LogP contribution in [0.1, 0.15) is 24.0 Å². The van der Waals surface area contributed by atoms with Crippen LogP contribution in [0.5, 0.6) is 0 Å². The van der Waals surface area contributed by atoms with Gasteiger partial charge in [-0.05, 0) is 36.9 Å². The Balaban J connectivity index is 1.79. The Kier molecular flexibility index (Phi) is 4.37. The number of rotatable bonds is 5. The molecule has 1 unspecified atom stereocenters. The first-order valence-electron chi connectivity index (χ1n) is 7.76. The Morgan fingerprint density at radius 3 is 2.14 bits per heavy atom. The number of aliphatic hydroxyl groups is 1. The molecule has 2 aromatic carbocycles. The summed E-state index contributed by atoms with van der Waals surface area (Å²) in [4.78, 5) is 2.47. The van der Waals surface area contributed by atoms with Gasteiger partial charge in [0.25, 0.3) is 0 Å². The summed E-state index contributed by atoms with van der Waals surface area (Å²) in [5.41, 5.74) is 2.54. The Morgan fingerprint density at radius 2 is 1.52 bits per heavy atom. The van der Waals surface area contributed by atoms with E-state index in [0.29, 0.717) is 0 Å². The lowest BCUT2D eigenvalue weighted by Gasteiger charge is -2.37. The van der Waals surface area contributed by atoms with Crippen molar-refractivity contribution < 1.29 is 5.11 Å². The number of aliphatic hydroxyl groups excluding tert-OH is 1. The van der Waals surface area contributed by atoms with Crippen molar-refractivity contribution in [2.45, 2.75) is 31.3 Å². The minimum atomic E-state index is -0.100. The van der Waals surface area contributed by atoms with Crippen molar-refractivity contribution >= 4 is 0 Å². The topological polar surface area (TPSA) is 23.5 Å². The van der Waals surface area contributed by atoms with Crippen molar-refractivity contribution in [1.29, 1.82) is 0 Å². The van der Waals surface area contributed by atoms with Gasteiger partial charge in [0.05, 0.1) is 6.61 Å². The molecule has 0 aliphatic carbocycles. The van der Waals surface area contributed by atoms with Gasteiger partial charge in [0.1, 0.15) is 0 Å². The van der Waals surface area contributed by atoms with Crippen LogP contribution in [-0.4, -0.2) is 28.7 Å². The first-order chi connectivity index (χ1) is 10.3. The first kappa shape index (κ1) is 14.3. The lowest BCUT2D eigenvalue weighted by Crippen LogP contribution is -2.48. The van der Waals surface area contributed by atoms with Crippen molar-refractivity contribution in [3.8, 4) is 0 Å². The van der Waals surface area contributed by atoms with E-state index in [4.69, 9.17) is 0 Å². The van der Waals surface area contributed by atoms with Crippen LogP contribution in [0.25, 0.3) is 0 Å². The third-order valence-corrected chi connectivity index (χ3v) is 4.63. The molecule has 1 aliphatic rings. The summed E-state index contributed by atoms with van der Waals surface area (Å²) in [6.45, 7) is 2.23. The number of hydrogen-bond acceptors (Lipinski definition) is 2. The quantitative estimate of drug-likeness (QED) is 0.909. The second kappa shape index (κ2) is 6.42. The molecule has 0 spiro atoms. The third kappa shape index (κ3) is 3.17. The average molecular weight is 281 g/mol. The van der Waals surface area contributed by atoms with Gasteiger partial charge in [-0.2, -0.15) is 0 Å². The molecule has 0 saturated carbocycles. The van der Waals surface area contributed by atoms with Gasteiger partial charge < -0.3 is 5.11 Å². The molecule has 2 nitrogen and oxygen atoms in total. The van der Waals surface area contributed by atoms with Crippen molar-refractivity contribution in [2.24, 2.45) is 0 Å². The molecule has 3 rings (SSSR count). The van der Waals surface area contributed by atoms with Crippen LogP contribution in [0, 0.1) is 0 Å². The number of benzene rings is 2. The van der Waals surface area contributed by atoms with Gasteiger partial charge in [-0.25, -0.2) is 0 Å². The summed E-state index contributed by atoms with van der Waals surface area (Å²) in [6, 6.07) is 21.1. The SMILES string of the molecule is OCC1(Cc2ccccc2)CCCN1Cc1ccccc1. The van der Waals surface area contributed by atoms with E-state index in [1.807, 2.05) is 6.07 Å². The maximum atomic E-state index is 10.1. The Bertz CT molecular complexity index is 554. The van der Waals surface area contributed by atoms with Crippen LogP contribution < -0.4 is 0 Å². The molecule has 1 saturated heterocycles. The summed E-state index contributed by atoms with van der Waals surface area (Å²) in [5, 5.41) is 10.1. The van der Waals surface area contributed by atoms with Crippen LogP contribution in [0.4, 0.5) is 0 Å². The van der Waals surface area contributed by atoms with Gasteiger partial charge in [0.2, 0.25) is 0 Å². The Morgan fingerprint density at radius 1 is 0.905 bits per heavy atom. The van der Waals surface area contributed by atoms with E-state index in [9.17, 15) is 5.11 Å². The molecular weight excluding hydrogens is 258 g/mol.